The minimum atomic E-state index is -3.97. The molecular weight excluding hydrogens is 685 g/mol. The fourth-order valence-corrected chi connectivity index (χ4v) is 6.85. The summed E-state index contributed by atoms with van der Waals surface area (Å²) >= 11 is 0. The van der Waals surface area contributed by atoms with Gasteiger partial charge in [-0.15, -0.1) is 0 Å². The van der Waals surface area contributed by atoms with Crippen LogP contribution in [0.3, 0.4) is 0 Å². The first-order chi connectivity index (χ1) is 24.8. The number of nitrogens with zero attached hydrogens (tertiary/aromatic N) is 3. The quantitative estimate of drug-likeness (QED) is 0.157. The number of hydrogen-bond donors (Lipinski definition) is 3. The Kier molecular flexibility index (Phi) is 12.4. The molecule has 0 radical (unpaired) electrons. The van der Waals surface area contributed by atoms with Crippen LogP contribution in [0.1, 0.15) is 32.0 Å². The van der Waals surface area contributed by atoms with E-state index in [1.54, 1.807) is 12.1 Å². The van der Waals surface area contributed by atoms with Crippen LogP contribution < -0.4 is 25.0 Å². The number of morpholine rings is 1. The molecule has 1 fully saturated rings. The first-order valence-electron chi connectivity index (χ1n) is 17.1. The van der Waals surface area contributed by atoms with E-state index in [4.69, 9.17) is 19.2 Å². The Bertz CT molecular complexity index is 1990. The number of pyridine rings is 1. The zero-order chi connectivity index (χ0) is 37.5. The van der Waals surface area contributed by atoms with Gasteiger partial charge in [0.05, 0.1) is 55.9 Å². The van der Waals surface area contributed by atoms with Gasteiger partial charge in [0.15, 0.2) is 5.75 Å². The van der Waals surface area contributed by atoms with Gasteiger partial charge in [-0.05, 0) is 46.2 Å². The van der Waals surface area contributed by atoms with Crippen molar-refractivity contribution >= 4 is 49.8 Å². The van der Waals surface area contributed by atoms with E-state index in [1.807, 2.05) is 69.4 Å². The van der Waals surface area contributed by atoms with Gasteiger partial charge in [-0.1, -0.05) is 57.2 Å². The van der Waals surface area contributed by atoms with E-state index in [0.29, 0.717) is 11.3 Å². The third-order valence-electron chi connectivity index (χ3n) is 8.77. The van der Waals surface area contributed by atoms with E-state index in [-0.39, 0.29) is 30.3 Å². The Morgan fingerprint density at radius 1 is 0.962 bits per heavy atom. The Morgan fingerprint density at radius 2 is 1.67 bits per heavy atom. The van der Waals surface area contributed by atoms with Gasteiger partial charge in [-0.25, -0.2) is 13.2 Å². The number of nitrogens with one attached hydrogen (secondary N) is 3. The van der Waals surface area contributed by atoms with Crippen molar-refractivity contribution in [2.24, 2.45) is 0 Å². The average Bonchev–Trinajstić information content (AvgIpc) is 3.10. The van der Waals surface area contributed by atoms with E-state index < -0.39 is 33.9 Å². The number of urea groups is 1. The molecule has 278 valence electrons. The number of carbonyl (C=O) groups is 2. The van der Waals surface area contributed by atoms with E-state index in [9.17, 15) is 18.0 Å². The molecule has 0 atom stereocenters. The van der Waals surface area contributed by atoms with Gasteiger partial charge in [0.2, 0.25) is 15.9 Å². The molecule has 14 heteroatoms. The van der Waals surface area contributed by atoms with Gasteiger partial charge >= 0.3 is 6.03 Å². The first-order valence-corrected chi connectivity index (χ1v) is 18.9. The van der Waals surface area contributed by atoms with Crippen molar-refractivity contribution in [2.75, 3.05) is 81.4 Å². The van der Waals surface area contributed by atoms with Crippen LogP contribution in [0.15, 0.2) is 66.9 Å². The lowest BCUT2D eigenvalue weighted by Crippen LogP contribution is -2.41. The maximum atomic E-state index is 13.7. The number of hydrogen-bond acceptors (Lipinski definition) is 9. The van der Waals surface area contributed by atoms with Gasteiger partial charge in [0, 0.05) is 50.4 Å². The summed E-state index contributed by atoms with van der Waals surface area (Å²) in [5, 5.41) is 10.3. The topological polar surface area (TPSA) is 151 Å². The lowest BCUT2D eigenvalue weighted by molar-refractivity contribution is -0.119. The van der Waals surface area contributed by atoms with Crippen molar-refractivity contribution < 1.29 is 32.2 Å². The third kappa shape index (κ3) is 9.56. The summed E-state index contributed by atoms with van der Waals surface area (Å²) in [7, 11) is -1.08. The lowest BCUT2D eigenvalue weighted by Gasteiger charge is -2.29. The summed E-state index contributed by atoms with van der Waals surface area (Å²) < 4.78 is 43.4. The molecular formula is C38H48N6O7S. The summed E-state index contributed by atoms with van der Waals surface area (Å²) in [4.78, 5) is 33.6. The second kappa shape index (κ2) is 16.7. The van der Waals surface area contributed by atoms with E-state index in [0.717, 1.165) is 71.0 Å². The van der Waals surface area contributed by atoms with Gasteiger partial charge in [0.1, 0.15) is 6.54 Å². The molecule has 1 aliphatic rings. The lowest BCUT2D eigenvalue weighted by atomic mass is 9.86. The SMILES string of the molecule is COCCNC(=O)CN(c1cc(C(C)(C)C)cc(NC(=O)Nc2ccc(-c3ccc(CN4CCOCC4)nc3)c3ccccc23)c1OC)S(C)(=O)=O. The molecule has 2 heterocycles. The minimum absolute atomic E-state index is 0.0861. The molecule has 4 aromatic rings. The summed E-state index contributed by atoms with van der Waals surface area (Å²) in [6, 6.07) is 18.6. The van der Waals surface area contributed by atoms with Crippen LogP contribution in [0.2, 0.25) is 0 Å². The fourth-order valence-electron chi connectivity index (χ4n) is 6.00. The summed E-state index contributed by atoms with van der Waals surface area (Å²) in [6.45, 7) is 9.90. The van der Waals surface area contributed by atoms with Crippen molar-refractivity contribution in [3.05, 3.63) is 78.1 Å². The number of sulfonamides is 1. The molecule has 0 unspecified atom stereocenters. The Balaban J connectivity index is 1.43. The van der Waals surface area contributed by atoms with Gasteiger partial charge < -0.3 is 30.2 Å². The maximum absolute atomic E-state index is 13.7. The second-order valence-electron chi connectivity index (χ2n) is 13.7. The molecule has 0 bridgehead atoms. The number of aromatic nitrogens is 1. The predicted molar refractivity (Wildman–Crippen MR) is 205 cm³/mol. The zero-order valence-electron chi connectivity index (χ0n) is 30.6. The van der Waals surface area contributed by atoms with Crippen molar-refractivity contribution in [2.45, 2.75) is 32.7 Å². The van der Waals surface area contributed by atoms with E-state index in [2.05, 4.69) is 26.9 Å². The van der Waals surface area contributed by atoms with Crippen molar-refractivity contribution in [3.63, 3.8) is 0 Å². The third-order valence-corrected chi connectivity index (χ3v) is 9.90. The maximum Gasteiger partial charge on any atom is 0.323 e. The number of rotatable bonds is 13. The minimum Gasteiger partial charge on any atom is -0.492 e. The number of amides is 3. The van der Waals surface area contributed by atoms with Crippen molar-refractivity contribution in [1.29, 1.82) is 0 Å². The predicted octanol–water partition coefficient (Wildman–Crippen LogP) is 5.21. The Morgan fingerprint density at radius 3 is 2.31 bits per heavy atom. The second-order valence-corrected chi connectivity index (χ2v) is 15.6. The zero-order valence-corrected chi connectivity index (χ0v) is 31.4. The molecule has 0 spiro atoms. The average molecular weight is 733 g/mol. The van der Waals surface area contributed by atoms with Crippen LogP contribution >= 0.6 is 0 Å². The highest BCUT2D eigenvalue weighted by atomic mass is 32.2. The van der Waals surface area contributed by atoms with Gasteiger partial charge in [-0.3, -0.25) is 19.0 Å². The highest BCUT2D eigenvalue weighted by Gasteiger charge is 2.29. The van der Waals surface area contributed by atoms with Gasteiger partial charge in [-0.2, -0.15) is 0 Å². The van der Waals surface area contributed by atoms with E-state index in [1.165, 1.54) is 14.2 Å². The fraction of sp³-hybridized carbons (Fsp3) is 0.395. The molecule has 0 saturated carbocycles. The van der Waals surface area contributed by atoms with Crippen LogP contribution in [0.4, 0.5) is 21.9 Å². The first kappa shape index (κ1) is 38.5. The molecule has 1 saturated heterocycles. The standard InChI is InChI=1S/C38H48N6O7S/c1-38(2,3)27-21-33(36(50-5)34(22-27)44(52(6,47)48)25-35(45)39-15-18-49-4)42-37(46)41-32-14-13-29(30-9-7-8-10-31(30)32)26-11-12-28(40-23-26)24-43-16-19-51-20-17-43/h7-14,21-23H,15-20,24-25H2,1-6H3,(H,39,45)(H2,41,42,46). The monoisotopic (exact) mass is 732 g/mol. The van der Waals surface area contributed by atoms with Crippen molar-refractivity contribution in [1.82, 2.24) is 15.2 Å². The number of ether oxygens (including phenoxy) is 3. The smallest absolute Gasteiger partial charge is 0.323 e. The number of anilines is 3. The molecule has 0 aliphatic carbocycles. The number of carbonyl (C=O) groups excluding carboxylic acids is 2. The molecule has 5 rings (SSSR count). The summed E-state index contributed by atoms with van der Waals surface area (Å²) in [5.74, 6) is -0.434. The van der Waals surface area contributed by atoms with Crippen LogP contribution in [-0.4, -0.2) is 96.7 Å². The van der Waals surface area contributed by atoms with E-state index >= 15 is 0 Å². The van der Waals surface area contributed by atoms with Gasteiger partial charge in [0.25, 0.3) is 0 Å². The van der Waals surface area contributed by atoms with Crippen molar-refractivity contribution in [3.8, 4) is 16.9 Å². The highest BCUT2D eigenvalue weighted by molar-refractivity contribution is 7.92. The Labute approximate surface area is 305 Å². The number of fused-ring (bicyclic) bond motifs is 1. The molecule has 1 aliphatic heterocycles. The summed E-state index contributed by atoms with van der Waals surface area (Å²) in [5.41, 5.74) is 4.11. The normalized spacial score (nSPS) is 13.8. The molecule has 3 amide bonds. The van der Waals surface area contributed by atoms with Crippen LogP contribution in [-0.2, 0) is 36.3 Å². The molecule has 13 nitrogen and oxygen atoms in total. The molecule has 3 N–H and O–H groups in total. The Hall–Kier alpha value is -4.76. The van der Waals surface area contributed by atoms with Crippen LogP contribution in [0.5, 0.6) is 5.75 Å². The number of benzene rings is 3. The largest absolute Gasteiger partial charge is 0.492 e. The highest BCUT2D eigenvalue weighted by Crippen LogP contribution is 2.42. The van der Waals surface area contributed by atoms with Crippen LogP contribution in [0, 0.1) is 0 Å². The molecule has 3 aromatic carbocycles. The van der Waals surface area contributed by atoms with Crippen LogP contribution in [0.25, 0.3) is 21.9 Å². The molecule has 1 aromatic heterocycles. The number of methoxy groups -OCH3 is 2. The molecule has 52 heavy (non-hydrogen) atoms. The summed E-state index contributed by atoms with van der Waals surface area (Å²) in [6.07, 6.45) is 2.90.